The van der Waals surface area contributed by atoms with Crippen LogP contribution < -0.4 is 9.64 Å². The summed E-state index contributed by atoms with van der Waals surface area (Å²) in [5.41, 5.74) is -1.24. The van der Waals surface area contributed by atoms with E-state index in [-0.39, 0.29) is 17.2 Å². The summed E-state index contributed by atoms with van der Waals surface area (Å²) in [5, 5.41) is 0. The normalized spacial score (nSPS) is 27.7. The Morgan fingerprint density at radius 2 is 1.72 bits per heavy atom. The topological polar surface area (TPSA) is 126 Å². The number of Topliss-reactive ketones (excluding diaryl/α,β-unsaturated/α-hetero) is 1. The number of hydrogen-bond donors (Lipinski definition) is 0. The average molecular weight is 443 g/mol. The maximum atomic E-state index is 13.6. The minimum absolute atomic E-state index is 0.121. The molecule has 1 aromatic carbocycles. The Morgan fingerprint density at radius 3 is 2.28 bits per heavy atom. The predicted octanol–water partition coefficient (Wildman–Crippen LogP) is 1.16. The lowest BCUT2D eigenvalue weighted by molar-refractivity contribution is -0.226. The number of nitrogens with zero attached hydrogens (tertiary/aromatic N) is 1. The molecular formula is C22H21NO9. The lowest BCUT2D eigenvalue weighted by Gasteiger charge is -2.34. The molecule has 3 aliphatic heterocycles. The summed E-state index contributed by atoms with van der Waals surface area (Å²) in [6.07, 6.45) is 0.736. The Morgan fingerprint density at radius 1 is 1.06 bits per heavy atom. The Kier molecular flexibility index (Phi) is 5.12. The third-order valence-corrected chi connectivity index (χ3v) is 5.82. The van der Waals surface area contributed by atoms with Crippen molar-refractivity contribution in [3.63, 3.8) is 0 Å². The van der Waals surface area contributed by atoms with Gasteiger partial charge < -0.3 is 18.9 Å². The average Bonchev–Trinajstić information content (AvgIpc) is 3.37. The number of ether oxygens (including phenoxy) is 4. The summed E-state index contributed by atoms with van der Waals surface area (Å²) in [5.74, 6) is -4.76. The molecule has 1 aromatic rings. The van der Waals surface area contributed by atoms with Gasteiger partial charge in [0.25, 0.3) is 6.29 Å². The molecule has 0 unspecified atom stereocenters. The highest BCUT2D eigenvalue weighted by Gasteiger charge is 2.72. The second kappa shape index (κ2) is 7.56. The van der Waals surface area contributed by atoms with E-state index >= 15 is 0 Å². The van der Waals surface area contributed by atoms with Crippen molar-refractivity contribution in [1.29, 1.82) is 0 Å². The van der Waals surface area contributed by atoms with Gasteiger partial charge in [-0.2, -0.15) is 0 Å². The van der Waals surface area contributed by atoms with Gasteiger partial charge in [0.05, 0.1) is 30.7 Å². The van der Waals surface area contributed by atoms with Crippen molar-refractivity contribution in [2.75, 3.05) is 12.0 Å². The molecule has 4 atom stereocenters. The van der Waals surface area contributed by atoms with Crippen LogP contribution in [-0.4, -0.2) is 54.6 Å². The Bertz CT molecular complexity index is 1060. The fourth-order valence-corrected chi connectivity index (χ4v) is 4.54. The number of anilines is 1. The number of hydrogen-bond acceptors (Lipinski definition) is 9. The van der Waals surface area contributed by atoms with E-state index < -0.39 is 53.6 Å². The second-order valence-corrected chi connectivity index (χ2v) is 7.80. The Balaban J connectivity index is 1.79. The van der Waals surface area contributed by atoms with Crippen LogP contribution in [0, 0.1) is 11.8 Å². The molecule has 0 spiro atoms. The zero-order valence-corrected chi connectivity index (χ0v) is 17.8. The van der Waals surface area contributed by atoms with Crippen molar-refractivity contribution in [2.45, 2.75) is 38.8 Å². The molecule has 0 aliphatic carbocycles. The van der Waals surface area contributed by atoms with Crippen molar-refractivity contribution in [3.05, 3.63) is 35.9 Å². The minimum atomic E-state index is -1.65. The van der Waals surface area contributed by atoms with Gasteiger partial charge in [-0.15, -0.1) is 0 Å². The lowest BCUT2D eigenvalue weighted by atomic mass is 9.76. The number of imide groups is 1. The molecule has 3 heterocycles. The summed E-state index contributed by atoms with van der Waals surface area (Å²) < 4.78 is 21.6. The van der Waals surface area contributed by atoms with Gasteiger partial charge in [0, 0.05) is 19.4 Å². The number of carbonyl (C=O) groups excluding carboxylic acids is 5. The summed E-state index contributed by atoms with van der Waals surface area (Å²) >= 11 is 0. The maximum Gasteiger partial charge on any atom is 0.305 e. The highest BCUT2D eigenvalue weighted by molar-refractivity contribution is 6.24. The van der Waals surface area contributed by atoms with Gasteiger partial charge in [-0.3, -0.25) is 24.0 Å². The molecule has 168 valence electrons. The van der Waals surface area contributed by atoms with E-state index in [1.54, 1.807) is 6.08 Å². The van der Waals surface area contributed by atoms with Crippen LogP contribution in [0.3, 0.4) is 0 Å². The summed E-state index contributed by atoms with van der Waals surface area (Å²) in [4.78, 5) is 63.1. The first-order valence-corrected chi connectivity index (χ1v) is 9.89. The van der Waals surface area contributed by atoms with Crippen LogP contribution in [-0.2, 0) is 33.4 Å². The van der Waals surface area contributed by atoms with Gasteiger partial charge >= 0.3 is 11.9 Å². The molecule has 2 fully saturated rings. The lowest BCUT2D eigenvalue weighted by Crippen LogP contribution is -2.52. The number of methoxy groups -OCH3 is 1. The zero-order chi connectivity index (χ0) is 23.4. The van der Waals surface area contributed by atoms with Crippen LogP contribution in [0.15, 0.2) is 30.4 Å². The number of ketones is 1. The molecule has 10 nitrogen and oxygen atoms in total. The fraction of sp³-hybridized carbons (Fsp3) is 0.409. The van der Waals surface area contributed by atoms with Crippen molar-refractivity contribution < 1.29 is 42.9 Å². The van der Waals surface area contributed by atoms with E-state index in [1.807, 2.05) is 0 Å². The molecule has 3 aliphatic rings. The molecule has 2 bridgehead atoms. The number of fused-ring (bicyclic) bond motifs is 5. The smallest absolute Gasteiger partial charge is 0.305 e. The zero-order valence-electron chi connectivity index (χ0n) is 17.8. The number of esters is 2. The SMILES string of the molecule is COc1ccc(C(C)=O)cc1N1C(=O)[C@H]2[C@@H](C1=O)[C@]1(C(OC(C)=O)OC(C)=O)C=C[C@H]2O1. The van der Waals surface area contributed by atoms with Gasteiger partial charge in [-0.1, -0.05) is 6.08 Å². The molecule has 0 aromatic heterocycles. The molecule has 0 saturated carbocycles. The standard InChI is InChI=1S/C22H21NO9/c1-10(24)13-5-6-15(29-4)14(9-13)23-19(27)17-16-7-8-22(32-16,18(17)20(23)28)21(30-11(2)25)31-12(3)26/h5-9,16-18,21H,1-4H3/t16-,17-,18+,22+/m1/s1. The number of benzene rings is 1. The fourth-order valence-electron chi connectivity index (χ4n) is 4.54. The quantitative estimate of drug-likeness (QED) is 0.209. The molecule has 4 rings (SSSR count). The van der Waals surface area contributed by atoms with E-state index in [1.165, 1.54) is 38.3 Å². The summed E-state index contributed by atoms with van der Waals surface area (Å²) in [6, 6.07) is 4.45. The van der Waals surface area contributed by atoms with Crippen LogP contribution in [0.1, 0.15) is 31.1 Å². The molecule has 0 N–H and O–H groups in total. The first-order chi connectivity index (χ1) is 15.1. The molecule has 2 saturated heterocycles. The highest BCUT2D eigenvalue weighted by atomic mass is 16.7. The molecule has 10 heteroatoms. The van der Waals surface area contributed by atoms with E-state index in [9.17, 15) is 24.0 Å². The van der Waals surface area contributed by atoms with Crippen molar-refractivity contribution >= 4 is 35.2 Å². The molecule has 0 radical (unpaired) electrons. The van der Waals surface area contributed by atoms with Gasteiger partial charge in [-0.05, 0) is 31.2 Å². The molecule has 32 heavy (non-hydrogen) atoms. The highest BCUT2D eigenvalue weighted by Crippen LogP contribution is 2.55. The van der Waals surface area contributed by atoms with Gasteiger partial charge in [0.2, 0.25) is 11.8 Å². The van der Waals surface area contributed by atoms with E-state index in [0.29, 0.717) is 5.56 Å². The number of carbonyl (C=O) groups is 5. The van der Waals surface area contributed by atoms with Crippen LogP contribution in [0.5, 0.6) is 5.75 Å². The molecular weight excluding hydrogens is 422 g/mol. The van der Waals surface area contributed by atoms with E-state index in [2.05, 4.69) is 0 Å². The second-order valence-electron chi connectivity index (χ2n) is 7.80. The monoisotopic (exact) mass is 443 g/mol. The number of amides is 2. The Hall–Kier alpha value is -3.53. The van der Waals surface area contributed by atoms with Crippen LogP contribution in [0.25, 0.3) is 0 Å². The van der Waals surface area contributed by atoms with Crippen molar-refractivity contribution in [3.8, 4) is 5.75 Å². The van der Waals surface area contributed by atoms with Crippen LogP contribution >= 0.6 is 0 Å². The number of rotatable bonds is 6. The van der Waals surface area contributed by atoms with Crippen molar-refractivity contribution in [2.24, 2.45) is 11.8 Å². The summed E-state index contributed by atoms with van der Waals surface area (Å²) in [6.45, 7) is 3.62. The first kappa shape index (κ1) is 21.7. The van der Waals surface area contributed by atoms with Gasteiger partial charge in [0.1, 0.15) is 5.75 Å². The largest absolute Gasteiger partial charge is 0.495 e. The van der Waals surface area contributed by atoms with Gasteiger partial charge in [0.15, 0.2) is 11.4 Å². The first-order valence-electron chi connectivity index (χ1n) is 9.89. The van der Waals surface area contributed by atoms with E-state index in [4.69, 9.17) is 18.9 Å². The predicted molar refractivity (Wildman–Crippen MR) is 107 cm³/mol. The van der Waals surface area contributed by atoms with E-state index in [0.717, 1.165) is 18.7 Å². The summed E-state index contributed by atoms with van der Waals surface area (Å²) in [7, 11) is 1.38. The van der Waals surface area contributed by atoms with Crippen LogP contribution in [0.2, 0.25) is 0 Å². The third-order valence-electron chi connectivity index (χ3n) is 5.82. The van der Waals surface area contributed by atoms with Crippen LogP contribution in [0.4, 0.5) is 5.69 Å². The third kappa shape index (κ3) is 3.10. The maximum absolute atomic E-state index is 13.6. The van der Waals surface area contributed by atoms with Crippen molar-refractivity contribution in [1.82, 2.24) is 0 Å². The van der Waals surface area contributed by atoms with Gasteiger partial charge in [-0.25, -0.2) is 4.90 Å². The Labute approximate surface area is 183 Å². The molecule has 2 amide bonds. The minimum Gasteiger partial charge on any atom is -0.495 e.